The smallest absolute Gasteiger partial charge is 0.240 e. The van der Waals surface area contributed by atoms with Gasteiger partial charge in [-0.25, -0.2) is 13.1 Å². The van der Waals surface area contributed by atoms with Crippen molar-refractivity contribution >= 4 is 21.8 Å². The first kappa shape index (κ1) is 16.8. The van der Waals surface area contributed by atoms with Gasteiger partial charge < -0.3 is 5.32 Å². The number of thioether (sulfide) groups is 1. The molecule has 0 saturated heterocycles. The molecule has 6 heteroatoms. The van der Waals surface area contributed by atoms with Crippen LogP contribution in [0.5, 0.6) is 0 Å². The number of sulfonamides is 1. The molecule has 0 radical (unpaired) electrons. The summed E-state index contributed by atoms with van der Waals surface area (Å²) in [5.41, 5.74) is 1.13. The molecular weight excluding hydrogens is 304 g/mol. The minimum Gasteiger partial charge on any atom is -0.310 e. The topological polar surface area (TPSA) is 58.2 Å². The first-order chi connectivity index (χ1) is 10.1. The second-order valence-corrected chi connectivity index (χ2v) is 8.15. The average Bonchev–Trinajstić information content (AvgIpc) is 3.29. The van der Waals surface area contributed by atoms with Gasteiger partial charge in [-0.15, -0.1) is 0 Å². The van der Waals surface area contributed by atoms with Gasteiger partial charge in [0.05, 0.1) is 4.90 Å². The highest BCUT2D eigenvalue weighted by Crippen LogP contribution is 2.19. The summed E-state index contributed by atoms with van der Waals surface area (Å²) in [6.07, 6.45) is 6.49. The van der Waals surface area contributed by atoms with Gasteiger partial charge in [0.1, 0.15) is 0 Å². The Balaban J connectivity index is 1.80. The predicted molar refractivity (Wildman–Crippen MR) is 89.1 cm³/mol. The van der Waals surface area contributed by atoms with Gasteiger partial charge in [-0.3, -0.25) is 0 Å². The molecule has 0 aliphatic heterocycles. The van der Waals surface area contributed by atoms with Crippen LogP contribution >= 0.6 is 11.8 Å². The summed E-state index contributed by atoms with van der Waals surface area (Å²) < 4.78 is 26.9. The molecule has 2 N–H and O–H groups in total. The molecule has 21 heavy (non-hydrogen) atoms. The number of hydrogen-bond acceptors (Lipinski definition) is 4. The van der Waals surface area contributed by atoms with Crippen LogP contribution in [0.1, 0.15) is 31.2 Å². The molecule has 4 nitrogen and oxygen atoms in total. The highest BCUT2D eigenvalue weighted by molar-refractivity contribution is 7.98. The predicted octanol–water partition coefficient (Wildman–Crippen LogP) is 2.36. The van der Waals surface area contributed by atoms with Crippen molar-refractivity contribution in [2.75, 3.05) is 18.6 Å². The van der Waals surface area contributed by atoms with Crippen molar-refractivity contribution < 1.29 is 8.42 Å². The molecule has 1 fully saturated rings. The van der Waals surface area contributed by atoms with Crippen molar-refractivity contribution in [1.82, 2.24) is 10.0 Å². The van der Waals surface area contributed by atoms with Gasteiger partial charge in [0, 0.05) is 19.1 Å². The fourth-order valence-electron chi connectivity index (χ4n) is 2.00. The van der Waals surface area contributed by atoms with E-state index in [1.165, 1.54) is 12.8 Å². The van der Waals surface area contributed by atoms with E-state index in [9.17, 15) is 8.42 Å². The first-order valence-electron chi connectivity index (χ1n) is 7.43. The molecule has 2 rings (SSSR count). The summed E-state index contributed by atoms with van der Waals surface area (Å²) in [5, 5.41) is 3.42. The Bertz CT molecular complexity index is 525. The molecule has 1 aromatic carbocycles. The Morgan fingerprint density at radius 2 is 1.90 bits per heavy atom. The molecule has 0 atom stereocenters. The maximum Gasteiger partial charge on any atom is 0.240 e. The van der Waals surface area contributed by atoms with Gasteiger partial charge in [-0.05, 0) is 55.4 Å². The second-order valence-electron chi connectivity index (χ2n) is 5.40. The fraction of sp³-hybridized carbons (Fsp3) is 0.600. The molecule has 0 unspecified atom stereocenters. The van der Waals surface area contributed by atoms with Crippen LogP contribution in [0.4, 0.5) is 0 Å². The summed E-state index contributed by atoms with van der Waals surface area (Å²) in [5.74, 6) is 1.07. The third-order valence-electron chi connectivity index (χ3n) is 3.47. The molecule has 1 aromatic rings. The van der Waals surface area contributed by atoms with Gasteiger partial charge in [-0.1, -0.05) is 12.1 Å². The summed E-state index contributed by atoms with van der Waals surface area (Å²) in [4.78, 5) is 0.350. The van der Waals surface area contributed by atoms with Crippen molar-refractivity contribution in [2.45, 2.75) is 43.2 Å². The van der Waals surface area contributed by atoms with E-state index in [2.05, 4.69) is 16.3 Å². The van der Waals surface area contributed by atoms with Crippen LogP contribution < -0.4 is 10.0 Å². The average molecular weight is 329 g/mol. The van der Waals surface area contributed by atoms with Crippen LogP contribution in [0.2, 0.25) is 0 Å². The number of benzene rings is 1. The number of nitrogens with one attached hydrogen (secondary N) is 2. The standard InChI is InChI=1S/C15H24N2O2S2/c1-20-11-3-2-10-17-21(18,19)15-8-4-13(5-9-15)12-16-14-6-7-14/h4-5,8-9,14,16-17H,2-3,6-7,10-12H2,1H3. The van der Waals surface area contributed by atoms with Crippen LogP contribution in [0.25, 0.3) is 0 Å². The first-order valence-corrected chi connectivity index (χ1v) is 10.3. The zero-order valence-electron chi connectivity index (χ0n) is 12.5. The van der Waals surface area contributed by atoms with Crippen LogP contribution in [-0.4, -0.2) is 33.0 Å². The number of hydrogen-bond donors (Lipinski definition) is 2. The minimum atomic E-state index is -3.36. The van der Waals surface area contributed by atoms with Crippen LogP contribution in [0, 0.1) is 0 Å². The van der Waals surface area contributed by atoms with Crippen LogP contribution in [0.15, 0.2) is 29.2 Å². The molecule has 0 spiro atoms. The Morgan fingerprint density at radius 1 is 1.19 bits per heavy atom. The quantitative estimate of drug-likeness (QED) is 0.647. The second kappa shape index (κ2) is 8.17. The summed E-state index contributed by atoms with van der Waals surface area (Å²) in [6, 6.07) is 7.81. The van der Waals surface area contributed by atoms with Crippen LogP contribution in [-0.2, 0) is 16.6 Å². The van der Waals surface area contributed by atoms with E-state index in [-0.39, 0.29) is 0 Å². The highest BCUT2D eigenvalue weighted by Gasteiger charge is 2.20. The van der Waals surface area contributed by atoms with E-state index in [0.29, 0.717) is 17.5 Å². The van der Waals surface area contributed by atoms with Gasteiger partial charge in [0.25, 0.3) is 0 Å². The monoisotopic (exact) mass is 328 g/mol. The van der Waals surface area contributed by atoms with Crippen molar-refractivity contribution in [3.8, 4) is 0 Å². The summed E-state index contributed by atoms with van der Waals surface area (Å²) in [7, 11) is -3.36. The minimum absolute atomic E-state index is 0.350. The van der Waals surface area contributed by atoms with Gasteiger partial charge in [0.2, 0.25) is 10.0 Å². The zero-order chi connectivity index (χ0) is 15.1. The zero-order valence-corrected chi connectivity index (χ0v) is 14.1. The SMILES string of the molecule is CSCCCCNS(=O)(=O)c1ccc(CNC2CC2)cc1. The molecule has 0 amide bonds. The third kappa shape index (κ3) is 5.98. The highest BCUT2D eigenvalue weighted by atomic mass is 32.2. The molecule has 0 aromatic heterocycles. The van der Waals surface area contributed by atoms with Gasteiger partial charge in [-0.2, -0.15) is 11.8 Å². The molecule has 0 bridgehead atoms. The summed E-state index contributed by atoms with van der Waals surface area (Å²) >= 11 is 1.79. The fourth-order valence-corrected chi connectivity index (χ4v) is 3.56. The normalized spacial score (nSPS) is 15.3. The van der Waals surface area contributed by atoms with E-state index in [4.69, 9.17) is 0 Å². The Hall–Kier alpha value is -0.560. The lowest BCUT2D eigenvalue weighted by atomic mass is 10.2. The molecule has 1 aliphatic rings. The molecule has 1 aliphatic carbocycles. The lowest BCUT2D eigenvalue weighted by molar-refractivity contribution is 0.578. The van der Waals surface area contributed by atoms with Crippen LogP contribution in [0.3, 0.4) is 0 Å². The molecule has 1 saturated carbocycles. The Kier molecular flexibility index (Phi) is 6.54. The maximum atomic E-state index is 12.1. The van der Waals surface area contributed by atoms with E-state index >= 15 is 0 Å². The van der Waals surface area contributed by atoms with Gasteiger partial charge in [0.15, 0.2) is 0 Å². The lowest BCUT2D eigenvalue weighted by Crippen LogP contribution is -2.25. The Morgan fingerprint density at radius 3 is 2.52 bits per heavy atom. The van der Waals surface area contributed by atoms with E-state index in [1.807, 2.05) is 12.1 Å². The molecule has 118 valence electrons. The Labute approximate surface area is 132 Å². The van der Waals surface area contributed by atoms with Crippen molar-refractivity contribution in [3.05, 3.63) is 29.8 Å². The lowest BCUT2D eigenvalue weighted by Gasteiger charge is -2.08. The largest absolute Gasteiger partial charge is 0.310 e. The maximum absolute atomic E-state index is 12.1. The number of rotatable bonds is 10. The third-order valence-corrected chi connectivity index (χ3v) is 5.65. The van der Waals surface area contributed by atoms with E-state index in [0.717, 1.165) is 30.7 Å². The number of unbranched alkanes of at least 4 members (excludes halogenated alkanes) is 1. The molecular formula is C15H24N2O2S2. The molecule has 0 heterocycles. The van der Waals surface area contributed by atoms with Gasteiger partial charge >= 0.3 is 0 Å². The van der Waals surface area contributed by atoms with E-state index in [1.54, 1.807) is 23.9 Å². The van der Waals surface area contributed by atoms with Crippen molar-refractivity contribution in [3.63, 3.8) is 0 Å². The van der Waals surface area contributed by atoms with Crippen molar-refractivity contribution in [2.24, 2.45) is 0 Å². The van der Waals surface area contributed by atoms with E-state index < -0.39 is 10.0 Å². The summed E-state index contributed by atoms with van der Waals surface area (Å²) in [6.45, 7) is 1.32. The van der Waals surface area contributed by atoms with Crippen molar-refractivity contribution in [1.29, 1.82) is 0 Å².